The van der Waals surface area contributed by atoms with Gasteiger partial charge in [0.25, 0.3) is 0 Å². The van der Waals surface area contributed by atoms with Crippen molar-refractivity contribution in [2.45, 2.75) is 31.7 Å². The Morgan fingerprint density at radius 3 is 2.30 bits per heavy atom. The molecule has 0 aromatic heterocycles. The largest absolute Gasteiger partial charge is 0.516 e. The first-order valence-electron chi connectivity index (χ1n) is 6.67. The van der Waals surface area contributed by atoms with Gasteiger partial charge in [0.1, 0.15) is 6.26 Å². The van der Waals surface area contributed by atoms with Crippen molar-refractivity contribution in [2.75, 3.05) is 6.61 Å². The van der Waals surface area contributed by atoms with Gasteiger partial charge < -0.3 is 9.47 Å². The second-order valence-corrected chi connectivity index (χ2v) is 7.21. The van der Waals surface area contributed by atoms with Gasteiger partial charge in [0.05, 0.1) is 18.8 Å². The maximum Gasteiger partial charge on any atom is 0.516 e. The predicted octanol–water partition coefficient (Wildman–Crippen LogP) is 2.96. The van der Waals surface area contributed by atoms with Crippen LogP contribution in [0.5, 0.6) is 0 Å². The van der Waals surface area contributed by atoms with Crippen LogP contribution in [0.3, 0.4) is 0 Å². The van der Waals surface area contributed by atoms with Crippen LogP contribution in [-0.4, -0.2) is 30.6 Å². The van der Waals surface area contributed by atoms with Crippen molar-refractivity contribution in [3.8, 4) is 0 Å². The fraction of sp³-hybridized carbons (Fsp3) is 0.429. The summed E-state index contributed by atoms with van der Waals surface area (Å²) in [4.78, 5) is 0. The van der Waals surface area contributed by atoms with Crippen molar-refractivity contribution >= 4 is 10.0 Å². The number of halogens is 3. The van der Waals surface area contributed by atoms with Gasteiger partial charge in [-0.3, -0.25) is 4.31 Å². The molecule has 0 spiro atoms. The molecular formula is C14H16F3NO4S. The van der Waals surface area contributed by atoms with Gasteiger partial charge in [0, 0.05) is 13.8 Å². The zero-order valence-corrected chi connectivity index (χ0v) is 13.3. The zero-order chi connectivity index (χ0) is 17.3. The number of ether oxygens (including phenoxy) is 2. The lowest BCUT2D eigenvalue weighted by atomic mass is 10.2. The minimum absolute atomic E-state index is 0.217. The average molecular weight is 351 g/mol. The van der Waals surface area contributed by atoms with Crippen LogP contribution >= 0.6 is 0 Å². The summed E-state index contributed by atoms with van der Waals surface area (Å²) >= 11 is 0. The predicted molar refractivity (Wildman–Crippen MR) is 76.2 cm³/mol. The standard InChI is InChI=1S/C14H16F3NO4S/c1-13(2)21-9-12(10-22-13)18(23(19,20)14(15,16)17)8-11-6-4-3-5-7-11/h3-7,9H,8,10H2,1-2H3. The molecule has 23 heavy (non-hydrogen) atoms. The molecule has 2 rings (SSSR count). The number of nitrogens with zero attached hydrogens (tertiary/aromatic N) is 1. The Morgan fingerprint density at radius 2 is 1.83 bits per heavy atom. The highest BCUT2D eigenvalue weighted by atomic mass is 32.2. The minimum atomic E-state index is -5.57. The lowest BCUT2D eigenvalue weighted by molar-refractivity contribution is -0.193. The molecule has 1 aliphatic rings. The van der Waals surface area contributed by atoms with Crippen LogP contribution in [0.4, 0.5) is 13.2 Å². The van der Waals surface area contributed by atoms with Gasteiger partial charge in [-0.25, -0.2) is 0 Å². The van der Waals surface area contributed by atoms with Crippen molar-refractivity contribution in [1.29, 1.82) is 0 Å². The van der Waals surface area contributed by atoms with E-state index in [9.17, 15) is 21.6 Å². The topological polar surface area (TPSA) is 55.8 Å². The Labute approximate surface area is 132 Å². The number of alkyl halides is 3. The minimum Gasteiger partial charge on any atom is -0.469 e. The molecule has 0 bridgehead atoms. The number of sulfonamides is 1. The molecule has 9 heteroatoms. The maximum absolute atomic E-state index is 13.0. The smallest absolute Gasteiger partial charge is 0.469 e. The first kappa shape index (κ1) is 17.6. The van der Waals surface area contributed by atoms with E-state index >= 15 is 0 Å². The van der Waals surface area contributed by atoms with E-state index in [1.807, 2.05) is 0 Å². The van der Waals surface area contributed by atoms with E-state index in [2.05, 4.69) is 0 Å². The van der Waals surface area contributed by atoms with E-state index in [1.165, 1.54) is 12.1 Å². The number of rotatable bonds is 4. The van der Waals surface area contributed by atoms with Crippen LogP contribution in [0.1, 0.15) is 19.4 Å². The van der Waals surface area contributed by atoms with Gasteiger partial charge in [0.15, 0.2) is 0 Å². The van der Waals surface area contributed by atoms with E-state index in [1.54, 1.807) is 32.0 Å². The molecule has 0 N–H and O–H groups in total. The molecule has 5 nitrogen and oxygen atoms in total. The lowest BCUT2D eigenvalue weighted by Crippen LogP contribution is -2.43. The summed E-state index contributed by atoms with van der Waals surface area (Å²) in [5.74, 6) is -1.02. The first-order chi connectivity index (χ1) is 10.5. The number of benzene rings is 1. The Morgan fingerprint density at radius 1 is 1.22 bits per heavy atom. The van der Waals surface area contributed by atoms with Crippen molar-refractivity contribution < 1.29 is 31.1 Å². The van der Waals surface area contributed by atoms with E-state index in [0.717, 1.165) is 6.26 Å². The molecule has 0 atom stereocenters. The quantitative estimate of drug-likeness (QED) is 0.837. The van der Waals surface area contributed by atoms with Crippen LogP contribution in [-0.2, 0) is 26.0 Å². The Kier molecular flexibility index (Phi) is 4.63. The molecule has 128 valence electrons. The fourth-order valence-electron chi connectivity index (χ4n) is 1.87. The Balaban J connectivity index is 2.39. The number of hydrogen-bond donors (Lipinski definition) is 0. The van der Waals surface area contributed by atoms with Gasteiger partial charge >= 0.3 is 15.5 Å². The van der Waals surface area contributed by atoms with Crippen LogP contribution in [0.2, 0.25) is 0 Å². The van der Waals surface area contributed by atoms with Crippen LogP contribution in [0, 0.1) is 0 Å². The SMILES string of the molecule is CC1(C)OC=C(N(Cc2ccccc2)S(=O)(=O)C(F)(F)F)CO1. The summed E-state index contributed by atoms with van der Waals surface area (Å²) in [5.41, 5.74) is -5.23. The molecule has 0 saturated heterocycles. The second-order valence-electron chi connectivity index (χ2n) is 5.36. The molecule has 0 radical (unpaired) electrons. The summed E-state index contributed by atoms with van der Waals surface area (Å²) in [6, 6.07) is 7.97. The summed E-state index contributed by atoms with van der Waals surface area (Å²) in [7, 11) is -5.57. The fourth-order valence-corrected chi connectivity index (χ4v) is 2.84. The van der Waals surface area contributed by atoms with Crippen LogP contribution in [0.25, 0.3) is 0 Å². The molecule has 0 fully saturated rings. The molecule has 0 amide bonds. The highest BCUT2D eigenvalue weighted by Crippen LogP contribution is 2.33. The highest BCUT2D eigenvalue weighted by Gasteiger charge is 2.51. The zero-order valence-electron chi connectivity index (χ0n) is 12.5. The summed E-state index contributed by atoms with van der Waals surface area (Å²) < 4.78 is 73.2. The molecular weight excluding hydrogens is 335 g/mol. The van der Waals surface area contributed by atoms with E-state index in [-0.39, 0.29) is 16.6 Å². The number of hydrogen-bond acceptors (Lipinski definition) is 4. The van der Waals surface area contributed by atoms with Gasteiger partial charge in [-0.1, -0.05) is 30.3 Å². The molecule has 1 aromatic carbocycles. The van der Waals surface area contributed by atoms with Gasteiger partial charge in [-0.15, -0.1) is 0 Å². The Hall–Kier alpha value is -1.74. The van der Waals surface area contributed by atoms with Crippen molar-refractivity contribution in [3.05, 3.63) is 47.9 Å². The summed E-state index contributed by atoms with van der Waals surface area (Å²) in [6.07, 6.45) is 0.996. The first-order valence-corrected chi connectivity index (χ1v) is 8.11. The third-order valence-electron chi connectivity index (χ3n) is 3.12. The van der Waals surface area contributed by atoms with Gasteiger partial charge in [0.2, 0.25) is 5.79 Å². The summed E-state index contributed by atoms with van der Waals surface area (Å²) in [6.45, 7) is 2.36. The molecule has 1 heterocycles. The normalized spacial score (nSPS) is 18.0. The van der Waals surface area contributed by atoms with Gasteiger partial charge in [-0.2, -0.15) is 21.6 Å². The van der Waals surface area contributed by atoms with E-state index in [0.29, 0.717) is 5.56 Å². The van der Waals surface area contributed by atoms with Gasteiger partial charge in [-0.05, 0) is 5.56 Å². The highest BCUT2D eigenvalue weighted by molar-refractivity contribution is 7.90. The Bertz CT molecular complexity index is 684. The molecule has 1 aliphatic heterocycles. The molecule has 0 saturated carbocycles. The van der Waals surface area contributed by atoms with Crippen molar-refractivity contribution in [1.82, 2.24) is 4.31 Å². The van der Waals surface area contributed by atoms with Crippen molar-refractivity contribution in [3.63, 3.8) is 0 Å². The third kappa shape index (κ3) is 3.97. The molecule has 0 aliphatic carbocycles. The molecule has 0 unspecified atom stereocenters. The van der Waals surface area contributed by atoms with Crippen LogP contribution < -0.4 is 0 Å². The average Bonchev–Trinajstić information content (AvgIpc) is 2.45. The lowest BCUT2D eigenvalue weighted by Gasteiger charge is -2.34. The van der Waals surface area contributed by atoms with Crippen LogP contribution in [0.15, 0.2) is 42.3 Å². The molecule has 1 aromatic rings. The van der Waals surface area contributed by atoms with Crippen molar-refractivity contribution in [2.24, 2.45) is 0 Å². The van der Waals surface area contributed by atoms with E-state index < -0.39 is 27.9 Å². The third-order valence-corrected chi connectivity index (χ3v) is 4.65. The maximum atomic E-state index is 13.0. The van der Waals surface area contributed by atoms with E-state index in [4.69, 9.17) is 9.47 Å². The monoisotopic (exact) mass is 351 g/mol. The summed E-state index contributed by atoms with van der Waals surface area (Å²) in [5, 5.41) is 0. The second kappa shape index (κ2) is 6.04.